The van der Waals surface area contributed by atoms with Gasteiger partial charge in [0.25, 0.3) is 5.56 Å². The van der Waals surface area contributed by atoms with Crippen LogP contribution in [0.2, 0.25) is 0 Å². The molecule has 0 bridgehead atoms. The van der Waals surface area contributed by atoms with Gasteiger partial charge in [-0.2, -0.15) is 15.2 Å². The largest absolute Gasteiger partial charge is 0.460 e. The highest BCUT2D eigenvalue weighted by Crippen LogP contribution is 2.08. The Hall–Kier alpha value is -2.51. The summed E-state index contributed by atoms with van der Waals surface area (Å²) < 4.78 is 4.75. The van der Waals surface area contributed by atoms with Crippen LogP contribution in [0.5, 0.6) is 0 Å². The molecule has 0 amide bonds. The predicted octanol–water partition coefficient (Wildman–Crippen LogP) is -0.268. The van der Waals surface area contributed by atoms with E-state index in [2.05, 4.69) is 25.4 Å². The second kappa shape index (κ2) is 4.56. The molecule has 0 aliphatic rings. The maximum Gasteiger partial charge on any atom is 0.375 e. The van der Waals surface area contributed by atoms with Crippen LogP contribution in [0.15, 0.2) is 16.9 Å². The third-order valence-electron chi connectivity index (χ3n) is 1.86. The molecule has 2 aromatic rings. The summed E-state index contributed by atoms with van der Waals surface area (Å²) in [5, 5.41) is 12.2. The number of carbonyl (C=O) groups excluding carboxylic acids is 1. The lowest BCUT2D eigenvalue weighted by Crippen LogP contribution is -2.07. The van der Waals surface area contributed by atoms with Crippen molar-refractivity contribution >= 4 is 5.97 Å². The van der Waals surface area contributed by atoms with Crippen molar-refractivity contribution in [3.05, 3.63) is 28.3 Å². The second-order valence-corrected chi connectivity index (χ2v) is 3.03. The molecule has 2 aromatic heterocycles. The summed E-state index contributed by atoms with van der Waals surface area (Å²) >= 11 is 0. The van der Waals surface area contributed by atoms with E-state index in [0.717, 1.165) is 0 Å². The van der Waals surface area contributed by atoms with Gasteiger partial charge in [0.2, 0.25) is 11.6 Å². The molecule has 0 radical (unpaired) electrons. The molecule has 8 nitrogen and oxygen atoms in total. The normalized spacial score (nSPS) is 10.2. The number of ether oxygens (including phenoxy) is 1. The molecule has 0 saturated carbocycles. The van der Waals surface area contributed by atoms with E-state index in [4.69, 9.17) is 4.74 Å². The van der Waals surface area contributed by atoms with E-state index < -0.39 is 5.97 Å². The van der Waals surface area contributed by atoms with Crippen LogP contribution < -0.4 is 5.56 Å². The van der Waals surface area contributed by atoms with Gasteiger partial charge in [0.15, 0.2) is 0 Å². The molecule has 0 fully saturated rings. The quantitative estimate of drug-likeness (QED) is 0.708. The number of aromatic nitrogens is 5. The van der Waals surface area contributed by atoms with E-state index in [-0.39, 0.29) is 23.8 Å². The molecular weight excluding hydrogens is 226 g/mol. The lowest BCUT2D eigenvalue weighted by Gasteiger charge is -1.95. The number of esters is 1. The number of hydrogen-bond donors (Lipinski definition) is 2. The Morgan fingerprint density at radius 2 is 2.18 bits per heavy atom. The summed E-state index contributed by atoms with van der Waals surface area (Å²) in [5.41, 5.74) is 0.0336. The Balaban J connectivity index is 2.26. The average molecular weight is 235 g/mol. The van der Waals surface area contributed by atoms with E-state index in [1.54, 1.807) is 6.92 Å². The molecule has 8 heteroatoms. The summed E-state index contributed by atoms with van der Waals surface area (Å²) in [6.07, 6.45) is 0. The Kier molecular flexibility index (Phi) is 2.95. The van der Waals surface area contributed by atoms with Gasteiger partial charge in [0, 0.05) is 6.07 Å². The van der Waals surface area contributed by atoms with E-state index in [1.807, 2.05) is 0 Å². The van der Waals surface area contributed by atoms with Crippen LogP contribution in [0.25, 0.3) is 11.5 Å². The molecule has 0 atom stereocenters. The number of hydrogen-bond acceptors (Lipinski definition) is 6. The van der Waals surface area contributed by atoms with E-state index in [9.17, 15) is 9.59 Å². The van der Waals surface area contributed by atoms with Crippen molar-refractivity contribution < 1.29 is 9.53 Å². The number of carbonyl (C=O) groups is 1. The summed E-state index contributed by atoms with van der Waals surface area (Å²) in [6.45, 7) is 1.95. The topological polar surface area (TPSA) is 114 Å². The number of aromatic amines is 2. The van der Waals surface area contributed by atoms with Gasteiger partial charge in [-0.05, 0) is 13.0 Å². The summed E-state index contributed by atoms with van der Waals surface area (Å²) in [7, 11) is 0. The molecule has 2 N–H and O–H groups in total. The van der Waals surface area contributed by atoms with Crippen LogP contribution in [0, 0.1) is 0 Å². The highest BCUT2D eigenvalue weighted by atomic mass is 16.5. The minimum absolute atomic E-state index is 0.00477. The fourth-order valence-electron chi connectivity index (χ4n) is 1.14. The first kappa shape index (κ1) is 11.0. The monoisotopic (exact) mass is 235 g/mol. The average Bonchev–Trinajstić information content (AvgIpc) is 2.80. The Morgan fingerprint density at radius 3 is 2.82 bits per heavy atom. The van der Waals surface area contributed by atoms with Gasteiger partial charge < -0.3 is 4.74 Å². The summed E-state index contributed by atoms with van der Waals surface area (Å²) in [4.78, 5) is 26.0. The van der Waals surface area contributed by atoms with Gasteiger partial charge in [-0.15, -0.1) is 0 Å². The molecular formula is C9H9N5O3. The van der Waals surface area contributed by atoms with Crippen molar-refractivity contribution in [3.63, 3.8) is 0 Å². The maximum absolute atomic E-state index is 11.3. The van der Waals surface area contributed by atoms with Crippen LogP contribution >= 0.6 is 0 Å². The minimum Gasteiger partial charge on any atom is -0.460 e. The molecule has 88 valence electrons. The SMILES string of the molecule is CCOC(=O)c1nc(-c2ccc(=O)[nH]n2)n[nH]1. The number of nitrogens with zero attached hydrogens (tertiary/aromatic N) is 3. The van der Waals surface area contributed by atoms with Gasteiger partial charge >= 0.3 is 5.97 Å². The fraction of sp³-hybridized carbons (Fsp3) is 0.222. The zero-order chi connectivity index (χ0) is 12.3. The van der Waals surface area contributed by atoms with Gasteiger partial charge in [-0.3, -0.25) is 9.89 Å². The van der Waals surface area contributed by atoms with Crippen LogP contribution in [-0.4, -0.2) is 38.0 Å². The van der Waals surface area contributed by atoms with Crippen LogP contribution in [0.3, 0.4) is 0 Å². The van der Waals surface area contributed by atoms with Crippen molar-refractivity contribution in [2.75, 3.05) is 6.61 Å². The smallest absolute Gasteiger partial charge is 0.375 e. The Bertz CT molecular complexity index is 568. The molecule has 2 heterocycles. The van der Waals surface area contributed by atoms with E-state index in [0.29, 0.717) is 5.69 Å². The van der Waals surface area contributed by atoms with Crippen molar-refractivity contribution in [3.8, 4) is 11.5 Å². The van der Waals surface area contributed by atoms with Crippen LogP contribution in [0.4, 0.5) is 0 Å². The van der Waals surface area contributed by atoms with Crippen LogP contribution in [0.1, 0.15) is 17.5 Å². The lowest BCUT2D eigenvalue weighted by atomic mass is 10.4. The summed E-state index contributed by atoms with van der Waals surface area (Å²) in [5.74, 6) is -0.380. The maximum atomic E-state index is 11.3. The fourth-order valence-corrected chi connectivity index (χ4v) is 1.14. The first-order valence-electron chi connectivity index (χ1n) is 4.86. The zero-order valence-corrected chi connectivity index (χ0v) is 8.93. The van der Waals surface area contributed by atoms with Gasteiger partial charge in [0.05, 0.1) is 6.61 Å². The van der Waals surface area contributed by atoms with E-state index in [1.165, 1.54) is 12.1 Å². The third-order valence-corrected chi connectivity index (χ3v) is 1.86. The standard InChI is InChI=1S/C9H9N5O3/c1-2-17-9(16)8-10-7(13-14-8)5-3-4-6(15)12-11-5/h3-4H,2H2,1H3,(H,12,15)(H,10,13,14). The minimum atomic E-state index is -0.587. The highest BCUT2D eigenvalue weighted by molar-refractivity contribution is 5.85. The van der Waals surface area contributed by atoms with Gasteiger partial charge in [-0.25, -0.2) is 9.89 Å². The Morgan fingerprint density at radius 1 is 1.35 bits per heavy atom. The molecule has 0 aliphatic heterocycles. The van der Waals surface area contributed by atoms with Crippen molar-refractivity contribution in [1.82, 2.24) is 25.4 Å². The van der Waals surface area contributed by atoms with Crippen molar-refractivity contribution in [1.29, 1.82) is 0 Å². The molecule has 0 aromatic carbocycles. The summed E-state index contributed by atoms with van der Waals surface area (Å²) in [6, 6.07) is 2.75. The van der Waals surface area contributed by atoms with Gasteiger partial charge in [-0.1, -0.05) is 0 Å². The second-order valence-electron chi connectivity index (χ2n) is 3.03. The van der Waals surface area contributed by atoms with Crippen molar-refractivity contribution in [2.24, 2.45) is 0 Å². The van der Waals surface area contributed by atoms with Gasteiger partial charge in [0.1, 0.15) is 5.69 Å². The molecule has 0 saturated heterocycles. The first-order valence-corrected chi connectivity index (χ1v) is 4.86. The van der Waals surface area contributed by atoms with E-state index >= 15 is 0 Å². The predicted molar refractivity (Wildman–Crippen MR) is 56.2 cm³/mol. The van der Waals surface area contributed by atoms with Crippen LogP contribution in [-0.2, 0) is 4.74 Å². The highest BCUT2D eigenvalue weighted by Gasteiger charge is 2.14. The molecule has 2 rings (SSSR count). The number of H-pyrrole nitrogens is 2. The van der Waals surface area contributed by atoms with Crippen molar-refractivity contribution in [2.45, 2.75) is 6.92 Å². The third kappa shape index (κ3) is 2.36. The molecule has 17 heavy (non-hydrogen) atoms. The molecule has 0 unspecified atom stereocenters. The zero-order valence-electron chi connectivity index (χ0n) is 8.93. The first-order chi connectivity index (χ1) is 8.20. The number of nitrogens with one attached hydrogen (secondary N) is 2. The number of rotatable bonds is 3. The molecule has 0 spiro atoms. The Labute approximate surface area is 95.0 Å². The lowest BCUT2D eigenvalue weighted by molar-refractivity contribution is 0.0512. The molecule has 0 aliphatic carbocycles.